The van der Waals surface area contributed by atoms with Gasteiger partial charge < -0.3 is 24.0 Å². The lowest BCUT2D eigenvalue weighted by molar-refractivity contribution is 0.0692. The summed E-state index contributed by atoms with van der Waals surface area (Å²) in [5.41, 5.74) is 3.47. The molecule has 4 aromatic carbocycles. The fourth-order valence-corrected chi connectivity index (χ4v) is 6.34. The molecule has 2 amide bonds. The van der Waals surface area contributed by atoms with Crippen LogP contribution >= 0.6 is 0 Å². The Balaban J connectivity index is 1.37. The number of nitriles is 1. The fourth-order valence-electron chi connectivity index (χ4n) is 6.34. The van der Waals surface area contributed by atoms with Gasteiger partial charge in [-0.3, -0.25) is 9.78 Å². The van der Waals surface area contributed by atoms with Gasteiger partial charge in [-0.2, -0.15) is 5.26 Å². The lowest BCUT2D eigenvalue weighted by atomic mass is 9.94. The Morgan fingerprint density at radius 3 is 2.53 bits per heavy atom. The molecule has 260 valence electrons. The second-order valence-corrected chi connectivity index (χ2v) is 12.4. The van der Waals surface area contributed by atoms with Crippen LogP contribution in [0.2, 0.25) is 0 Å². The second-order valence-electron chi connectivity index (χ2n) is 12.4. The summed E-state index contributed by atoms with van der Waals surface area (Å²) in [6.07, 6.45) is 2.51. The van der Waals surface area contributed by atoms with Gasteiger partial charge >= 0.3 is 6.09 Å². The first-order chi connectivity index (χ1) is 24.7. The monoisotopic (exact) mass is 690 g/mol. The van der Waals surface area contributed by atoms with Crippen LogP contribution in [0.4, 0.5) is 13.6 Å². The van der Waals surface area contributed by atoms with Crippen molar-refractivity contribution in [3.8, 4) is 34.1 Å². The number of likely N-dealkylation sites (tertiary alicyclic amines) is 1. The summed E-state index contributed by atoms with van der Waals surface area (Å²) >= 11 is 0. The van der Waals surface area contributed by atoms with Crippen LogP contribution in [0.5, 0.6) is 5.75 Å². The number of ether oxygens (including phenoxy) is 3. The van der Waals surface area contributed by atoms with E-state index in [9.17, 15) is 19.2 Å². The number of nitrogens with zero attached hydrogens (tertiary/aromatic N) is 4. The predicted molar refractivity (Wildman–Crippen MR) is 188 cm³/mol. The number of rotatable bonds is 11. The zero-order chi connectivity index (χ0) is 35.9. The minimum Gasteiger partial charge on any atom is -0.491 e. The Morgan fingerprint density at radius 2 is 1.75 bits per heavy atom. The van der Waals surface area contributed by atoms with E-state index in [-0.39, 0.29) is 48.6 Å². The van der Waals surface area contributed by atoms with E-state index >= 15 is 4.39 Å². The molecule has 0 bridgehead atoms. The number of amides is 2. The maximum absolute atomic E-state index is 15.0. The molecule has 9 nitrogen and oxygen atoms in total. The third kappa shape index (κ3) is 8.14. The van der Waals surface area contributed by atoms with Crippen molar-refractivity contribution in [3.63, 3.8) is 0 Å². The van der Waals surface area contributed by atoms with Gasteiger partial charge in [-0.1, -0.05) is 36.4 Å². The largest absolute Gasteiger partial charge is 0.491 e. The SMILES string of the molecule is COCCOc1cc(F)cc(-c2cnc3ccc(-c4cc(F)cc(C#N)c4)cc3c2C(=O)N(C)C[C@@H]2CCCN2C(=O)OCc2ccccc2)c1. The highest BCUT2D eigenvalue weighted by Gasteiger charge is 2.33. The number of likely N-dealkylation sites (N-methyl/N-ethyl adjacent to an activating group) is 1. The Morgan fingerprint density at radius 1 is 0.961 bits per heavy atom. The lowest BCUT2D eigenvalue weighted by Crippen LogP contribution is -2.44. The first-order valence-electron chi connectivity index (χ1n) is 16.5. The summed E-state index contributed by atoms with van der Waals surface area (Å²) in [5, 5.41) is 9.90. The van der Waals surface area contributed by atoms with Gasteiger partial charge in [-0.05, 0) is 77.6 Å². The van der Waals surface area contributed by atoms with Crippen molar-refractivity contribution < 1.29 is 32.6 Å². The van der Waals surface area contributed by atoms with E-state index in [4.69, 9.17) is 14.2 Å². The molecular formula is C40H36F2N4O5. The molecule has 11 heteroatoms. The summed E-state index contributed by atoms with van der Waals surface area (Å²) in [7, 11) is 3.19. The molecule has 2 heterocycles. The molecule has 5 aromatic rings. The van der Waals surface area contributed by atoms with Crippen LogP contribution in [0.3, 0.4) is 0 Å². The van der Waals surface area contributed by atoms with Gasteiger partial charge in [0, 0.05) is 50.5 Å². The Bertz CT molecular complexity index is 2100. The number of benzene rings is 4. The average molecular weight is 691 g/mol. The molecular weight excluding hydrogens is 654 g/mol. The van der Waals surface area contributed by atoms with Gasteiger partial charge in [0.1, 0.15) is 30.6 Å². The number of methoxy groups -OCH3 is 1. The van der Waals surface area contributed by atoms with Gasteiger partial charge in [0.05, 0.1) is 35.4 Å². The van der Waals surface area contributed by atoms with Crippen molar-refractivity contribution in [2.24, 2.45) is 0 Å². The quantitative estimate of drug-likeness (QED) is 0.131. The molecule has 0 aliphatic carbocycles. The van der Waals surface area contributed by atoms with Crippen LogP contribution in [-0.2, 0) is 16.1 Å². The summed E-state index contributed by atoms with van der Waals surface area (Å²) in [6, 6.07) is 24.5. The predicted octanol–water partition coefficient (Wildman–Crippen LogP) is 7.62. The van der Waals surface area contributed by atoms with E-state index in [1.807, 2.05) is 36.4 Å². The number of pyridine rings is 1. The maximum Gasteiger partial charge on any atom is 0.410 e. The molecule has 1 aliphatic heterocycles. The molecule has 1 aliphatic rings. The number of carbonyl (C=O) groups is 2. The molecule has 0 spiro atoms. The van der Waals surface area contributed by atoms with Crippen LogP contribution in [-0.4, -0.2) is 73.3 Å². The van der Waals surface area contributed by atoms with Crippen LogP contribution < -0.4 is 4.74 Å². The minimum absolute atomic E-state index is 0.137. The van der Waals surface area contributed by atoms with Gasteiger partial charge in [-0.25, -0.2) is 13.6 Å². The van der Waals surface area contributed by atoms with Crippen LogP contribution in [0.1, 0.15) is 34.3 Å². The Kier molecular flexibility index (Phi) is 10.8. The normalized spacial score (nSPS) is 13.9. The third-order valence-electron chi connectivity index (χ3n) is 8.83. The molecule has 0 radical (unpaired) electrons. The zero-order valence-electron chi connectivity index (χ0n) is 28.3. The highest BCUT2D eigenvalue weighted by atomic mass is 19.1. The average Bonchev–Trinajstić information content (AvgIpc) is 3.61. The number of aromatic nitrogens is 1. The highest BCUT2D eigenvalue weighted by Crippen LogP contribution is 2.35. The molecule has 0 N–H and O–H groups in total. The highest BCUT2D eigenvalue weighted by molar-refractivity contribution is 6.12. The van der Waals surface area contributed by atoms with E-state index in [0.29, 0.717) is 52.7 Å². The van der Waals surface area contributed by atoms with Gasteiger partial charge in [0.15, 0.2) is 0 Å². The second kappa shape index (κ2) is 15.8. The van der Waals surface area contributed by atoms with E-state index in [0.717, 1.165) is 18.1 Å². The van der Waals surface area contributed by atoms with Gasteiger partial charge in [-0.15, -0.1) is 0 Å². The molecule has 6 rings (SSSR count). The van der Waals surface area contributed by atoms with E-state index in [1.54, 1.807) is 47.2 Å². The molecule has 1 atom stereocenters. The van der Waals surface area contributed by atoms with Crippen molar-refractivity contribution in [2.45, 2.75) is 25.5 Å². The van der Waals surface area contributed by atoms with Crippen molar-refractivity contribution in [3.05, 3.63) is 119 Å². The Hall–Kier alpha value is -5.86. The van der Waals surface area contributed by atoms with E-state index in [1.165, 1.54) is 31.5 Å². The summed E-state index contributed by atoms with van der Waals surface area (Å²) < 4.78 is 45.9. The number of hydrogen-bond donors (Lipinski definition) is 0. The van der Waals surface area contributed by atoms with Crippen molar-refractivity contribution >= 4 is 22.9 Å². The smallest absolute Gasteiger partial charge is 0.410 e. The fraction of sp³-hybridized carbons (Fsp3) is 0.250. The molecule has 0 unspecified atom stereocenters. The third-order valence-corrected chi connectivity index (χ3v) is 8.83. The molecule has 0 saturated carbocycles. The van der Waals surface area contributed by atoms with Crippen LogP contribution in [0.25, 0.3) is 33.2 Å². The first kappa shape index (κ1) is 35.0. The number of hydrogen-bond acceptors (Lipinski definition) is 7. The molecule has 1 fully saturated rings. The van der Waals surface area contributed by atoms with Crippen molar-refractivity contribution in [2.75, 3.05) is 40.5 Å². The van der Waals surface area contributed by atoms with Gasteiger partial charge in [0.25, 0.3) is 5.91 Å². The molecule has 1 saturated heterocycles. The Labute approximate surface area is 294 Å². The number of fused-ring (bicyclic) bond motifs is 1. The standard InChI is InChI=1S/C40H36F2N4O5/c1-45(24-33-9-6-12-46(33)40(48)51-25-26-7-4-3-5-8-26)39(47)38-35-20-28(29-15-27(22-43)16-31(41)17-29)10-11-37(35)44-23-36(38)30-18-32(42)21-34(19-30)50-14-13-49-2/h3-5,7-8,10-11,15-21,23,33H,6,9,12-14,24-25H2,1-2H3/t33-/m0/s1. The van der Waals surface area contributed by atoms with E-state index in [2.05, 4.69) is 4.98 Å². The molecule has 51 heavy (non-hydrogen) atoms. The van der Waals surface area contributed by atoms with Crippen molar-refractivity contribution in [1.29, 1.82) is 5.26 Å². The first-order valence-corrected chi connectivity index (χ1v) is 16.5. The lowest BCUT2D eigenvalue weighted by Gasteiger charge is -2.29. The van der Waals surface area contributed by atoms with Crippen LogP contribution in [0, 0.1) is 23.0 Å². The van der Waals surface area contributed by atoms with Crippen molar-refractivity contribution in [1.82, 2.24) is 14.8 Å². The maximum atomic E-state index is 15.0. The summed E-state index contributed by atoms with van der Waals surface area (Å²) in [6.45, 7) is 1.34. The summed E-state index contributed by atoms with van der Waals surface area (Å²) in [5.74, 6) is -1.28. The summed E-state index contributed by atoms with van der Waals surface area (Å²) in [4.78, 5) is 35.6. The van der Waals surface area contributed by atoms with E-state index < -0.39 is 17.7 Å². The topological polar surface area (TPSA) is 105 Å². The number of halogens is 2. The molecule has 1 aromatic heterocycles. The van der Waals surface area contributed by atoms with Crippen LogP contribution in [0.15, 0.2) is 91.1 Å². The number of carbonyl (C=O) groups excluding carboxylic acids is 2. The minimum atomic E-state index is -0.573. The zero-order valence-corrected chi connectivity index (χ0v) is 28.3. The van der Waals surface area contributed by atoms with Gasteiger partial charge in [0.2, 0.25) is 0 Å².